The number of carboxylic acid groups (broad SMARTS) is 1. The third-order valence-corrected chi connectivity index (χ3v) is 3.85. The fourth-order valence-corrected chi connectivity index (χ4v) is 2.76. The smallest absolute Gasteiger partial charge is 0.303 e. The van der Waals surface area contributed by atoms with Gasteiger partial charge in [0.15, 0.2) is 0 Å². The first kappa shape index (κ1) is 16.0. The highest BCUT2D eigenvalue weighted by Crippen LogP contribution is 2.27. The summed E-state index contributed by atoms with van der Waals surface area (Å²) >= 11 is 0. The average Bonchev–Trinajstić information content (AvgIpc) is 2.60. The van der Waals surface area contributed by atoms with E-state index in [1.165, 1.54) is 0 Å². The Labute approximate surface area is 140 Å². The van der Waals surface area contributed by atoms with Gasteiger partial charge in [0.25, 0.3) is 0 Å². The average molecular weight is 321 g/mol. The lowest BCUT2D eigenvalue weighted by Crippen LogP contribution is -1.99. The van der Waals surface area contributed by atoms with Crippen molar-refractivity contribution in [3.63, 3.8) is 0 Å². The number of fused-ring (bicyclic) bond motifs is 1. The SMILES string of the molecule is CCOc1cccc(-c2cc(CCC(=O)O)c3ccccc3n2)c1. The number of rotatable bonds is 6. The van der Waals surface area contributed by atoms with Crippen molar-refractivity contribution in [2.24, 2.45) is 0 Å². The summed E-state index contributed by atoms with van der Waals surface area (Å²) in [5.74, 6) is 0.00725. The number of benzene rings is 2. The van der Waals surface area contributed by atoms with Gasteiger partial charge in [0, 0.05) is 17.4 Å². The van der Waals surface area contributed by atoms with E-state index < -0.39 is 5.97 Å². The second-order valence-electron chi connectivity index (χ2n) is 5.54. The number of hydrogen-bond acceptors (Lipinski definition) is 3. The fraction of sp³-hybridized carbons (Fsp3) is 0.200. The number of carboxylic acids is 1. The van der Waals surface area contributed by atoms with Gasteiger partial charge >= 0.3 is 5.97 Å². The Hall–Kier alpha value is -2.88. The molecule has 1 aromatic heterocycles. The van der Waals surface area contributed by atoms with E-state index in [9.17, 15) is 4.79 Å². The number of carbonyl (C=O) groups is 1. The second kappa shape index (κ2) is 7.13. The number of aryl methyl sites for hydroxylation is 1. The molecule has 3 rings (SSSR count). The van der Waals surface area contributed by atoms with Gasteiger partial charge in [0.2, 0.25) is 0 Å². The number of hydrogen-bond donors (Lipinski definition) is 1. The highest BCUT2D eigenvalue weighted by atomic mass is 16.5. The van der Waals surface area contributed by atoms with Crippen LogP contribution in [0.2, 0.25) is 0 Å². The normalized spacial score (nSPS) is 10.7. The summed E-state index contributed by atoms with van der Waals surface area (Å²) < 4.78 is 5.56. The number of ether oxygens (including phenoxy) is 1. The van der Waals surface area contributed by atoms with Crippen LogP contribution in [0, 0.1) is 0 Å². The van der Waals surface area contributed by atoms with Crippen LogP contribution in [-0.4, -0.2) is 22.7 Å². The number of pyridine rings is 1. The molecule has 0 spiro atoms. The first-order valence-electron chi connectivity index (χ1n) is 8.01. The van der Waals surface area contributed by atoms with Crippen molar-refractivity contribution in [3.8, 4) is 17.0 Å². The lowest BCUT2D eigenvalue weighted by molar-refractivity contribution is -0.136. The zero-order valence-electron chi connectivity index (χ0n) is 13.5. The summed E-state index contributed by atoms with van der Waals surface area (Å²) in [7, 11) is 0. The molecule has 4 heteroatoms. The van der Waals surface area contributed by atoms with E-state index in [1.807, 2.05) is 61.5 Å². The van der Waals surface area contributed by atoms with E-state index in [1.54, 1.807) is 0 Å². The van der Waals surface area contributed by atoms with Crippen LogP contribution in [0.5, 0.6) is 5.75 Å². The summed E-state index contributed by atoms with van der Waals surface area (Å²) in [6, 6.07) is 17.6. The maximum atomic E-state index is 10.9. The Kier molecular flexibility index (Phi) is 4.75. The van der Waals surface area contributed by atoms with Crippen LogP contribution in [0.3, 0.4) is 0 Å². The molecule has 3 aromatic rings. The molecule has 2 aromatic carbocycles. The van der Waals surface area contributed by atoms with Gasteiger partial charge in [-0.2, -0.15) is 0 Å². The molecule has 122 valence electrons. The maximum Gasteiger partial charge on any atom is 0.303 e. The molecule has 1 N–H and O–H groups in total. The first-order chi connectivity index (χ1) is 11.7. The summed E-state index contributed by atoms with van der Waals surface area (Å²) in [5.41, 5.74) is 3.66. The summed E-state index contributed by atoms with van der Waals surface area (Å²) in [6.45, 7) is 2.56. The first-order valence-corrected chi connectivity index (χ1v) is 8.01. The van der Waals surface area contributed by atoms with Crippen molar-refractivity contribution >= 4 is 16.9 Å². The molecule has 0 atom stereocenters. The van der Waals surface area contributed by atoms with Gasteiger partial charge in [0.1, 0.15) is 5.75 Å². The Morgan fingerprint density at radius 2 is 1.96 bits per heavy atom. The van der Waals surface area contributed by atoms with Crippen LogP contribution in [0.4, 0.5) is 0 Å². The Balaban J connectivity index is 2.07. The Morgan fingerprint density at radius 1 is 1.12 bits per heavy atom. The zero-order valence-corrected chi connectivity index (χ0v) is 13.5. The van der Waals surface area contributed by atoms with Crippen molar-refractivity contribution in [2.45, 2.75) is 19.8 Å². The Bertz CT molecular complexity index is 874. The van der Waals surface area contributed by atoms with Crippen LogP contribution < -0.4 is 4.74 Å². The van der Waals surface area contributed by atoms with Crippen molar-refractivity contribution in [3.05, 3.63) is 60.2 Å². The van der Waals surface area contributed by atoms with E-state index in [2.05, 4.69) is 0 Å². The molecular weight excluding hydrogens is 302 g/mol. The second-order valence-corrected chi connectivity index (χ2v) is 5.54. The van der Waals surface area contributed by atoms with Gasteiger partial charge < -0.3 is 9.84 Å². The van der Waals surface area contributed by atoms with Crippen LogP contribution in [-0.2, 0) is 11.2 Å². The summed E-state index contributed by atoms with van der Waals surface area (Å²) in [5, 5.41) is 10.00. The van der Waals surface area contributed by atoms with Gasteiger partial charge in [0.05, 0.1) is 17.8 Å². The van der Waals surface area contributed by atoms with E-state index in [0.29, 0.717) is 13.0 Å². The van der Waals surface area contributed by atoms with Gasteiger partial charge in [-0.15, -0.1) is 0 Å². The largest absolute Gasteiger partial charge is 0.494 e. The van der Waals surface area contributed by atoms with E-state index in [0.717, 1.165) is 33.5 Å². The monoisotopic (exact) mass is 321 g/mol. The molecule has 0 unspecified atom stereocenters. The Morgan fingerprint density at radius 3 is 2.75 bits per heavy atom. The van der Waals surface area contributed by atoms with Crippen molar-refractivity contribution in [1.29, 1.82) is 0 Å². The summed E-state index contributed by atoms with van der Waals surface area (Å²) in [4.78, 5) is 15.7. The van der Waals surface area contributed by atoms with Crippen LogP contribution in [0.1, 0.15) is 18.9 Å². The highest BCUT2D eigenvalue weighted by Gasteiger charge is 2.09. The standard InChI is InChI=1S/C20H19NO3/c1-2-24-16-7-5-6-15(12-16)19-13-14(10-11-20(22)23)17-8-3-4-9-18(17)21-19/h3-9,12-13H,2,10-11H2,1H3,(H,22,23). The topological polar surface area (TPSA) is 59.4 Å². The number of para-hydroxylation sites is 1. The minimum atomic E-state index is -0.796. The fourth-order valence-electron chi connectivity index (χ4n) is 2.76. The van der Waals surface area contributed by atoms with Gasteiger partial charge in [-0.25, -0.2) is 4.98 Å². The third-order valence-electron chi connectivity index (χ3n) is 3.85. The van der Waals surface area contributed by atoms with Crippen LogP contribution in [0.25, 0.3) is 22.2 Å². The molecule has 0 aliphatic rings. The quantitative estimate of drug-likeness (QED) is 0.734. The van der Waals surface area contributed by atoms with Gasteiger partial charge in [-0.3, -0.25) is 4.79 Å². The lowest BCUT2D eigenvalue weighted by atomic mass is 10.0. The molecular formula is C20H19NO3. The van der Waals surface area contributed by atoms with Gasteiger partial charge in [-0.1, -0.05) is 30.3 Å². The van der Waals surface area contributed by atoms with Crippen molar-refractivity contribution in [2.75, 3.05) is 6.61 Å². The lowest BCUT2D eigenvalue weighted by Gasteiger charge is -2.10. The molecule has 0 amide bonds. The predicted molar refractivity (Wildman–Crippen MR) is 94.3 cm³/mol. The zero-order chi connectivity index (χ0) is 16.9. The van der Waals surface area contributed by atoms with Crippen molar-refractivity contribution in [1.82, 2.24) is 4.98 Å². The summed E-state index contributed by atoms with van der Waals surface area (Å²) in [6.07, 6.45) is 0.586. The van der Waals surface area contributed by atoms with Crippen molar-refractivity contribution < 1.29 is 14.6 Å². The third kappa shape index (κ3) is 3.54. The molecule has 0 fully saturated rings. The van der Waals surface area contributed by atoms with E-state index in [-0.39, 0.29) is 6.42 Å². The number of aliphatic carboxylic acids is 1. The maximum absolute atomic E-state index is 10.9. The molecule has 0 saturated carbocycles. The molecule has 0 saturated heterocycles. The minimum absolute atomic E-state index is 0.104. The molecule has 0 aliphatic heterocycles. The molecule has 24 heavy (non-hydrogen) atoms. The predicted octanol–water partition coefficient (Wildman–Crippen LogP) is 4.32. The minimum Gasteiger partial charge on any atom is -0.494 e. The molecule has 0 bridgehead atoms. The van der Waals surface area contributed by atoms with Gasteiger partial charge in [-0.05, 0) is 43.2 Å². The van der Waals surface area contributed by atoms with E-state index >= 15 is 0 Å². The van der Waals surface area contributed by atoms with E-state index in [4.69, 9.17) is 14.8 Å². The van der Waals surface area contributed by atoms with Crippen LogP contribution >= 0.6 is 0 Å². The number of aromatic nitrogens is 1. The van der Waals surface area contributed by atoms with Crippen LogP contribution in [0.15, 0.2) is 54.6 Å². The molecule has 0 radical (unpaired) electrons. The highest BCUT2D eigenvalue weighted by molar-refractivity contribution is 5.85. The molecule has 4 nitrogen and oxygen atoms in total. The number of nitrogens with zero attached hydrogens (tertiary/aromatic N) is 1. The molecule has 1 heterocycles. The molecule has 0 aliphatic carbocycles.